The summed E-state index contributed by atoms with van der Waals surface area (Å²) in [6, 6.07) is 79.7. The second-order valence-corrected chi connectivity index (χ2v) is 18.4. The van der Waals surface area contributed by atoms with E-state index in [9.17, 15) is 0 Å². The molecule has 0 saturated heterocycles. The molecule has 0 aliphatic heterocycles. The van der Waals surface area contributed by atoms with Gasteiger partial charge in [0, 0.05) is 27.6 Å². The quantitative estimate of drug-likeness (QED) is 0.162. The Balaban J connectivity index is 1.17. The van der Waals surface area contributed by atoms with Crippen LogP contribution in [0.25, 0.3) is 44.5 Å². The number of nitrogens with zero attached hydrogens (tertiary/aromatic N) is 1. The summed E-state index contributed by atoms with van der Waals surface area (Å²) in [5.41, 5.74) is 23.6. The Morgan fingerprint density at radius 2 is 0.758 bits per heavy atom. The van der Waals surface area contributed by atoms with Crippen LogP contribution in [-0.4, -0.2) is 0 Å². The number of rotatable bonds is 6. The van der Waals surface area contributed by atoms with Crippen molar-refractivity contribution in [1.82, 2.24) is 0 Å². The van der Waals surface area contributed by atoms with Crippen molar-refractivity contribution in [2.24, 2.45) is 0 Å². The van der Waals surface area contributed by atoms with Crippen LogP contribution in [0.4, 0.5) is 17.1 Å². The van der Waals surface area contributed by atoms with E-state index in [1.54, 1.807) is 0 Å². The molecule has 0 spiro atoms. The zero-order valence-electron chi connectivity index (χ0n) is 35.7. The van der Waals surface area contributed by atoms with Crippen LogP contribution in [0.5, 0.6) is 0 Å². The average Bonchev–Trinajstić information content (AvgIpc) is 3.85. The zero-order chi connectivity index (χ0) is 41.8. The molecule has 0 unspecified atom stereocenters. The summed E-state index contributed by atoms with van der Waals surface area (Å²) in [6.07, 6.45) is 0. The van der Waals surface area contributed by atoms with Gasteiger partial charge in [-0.25, -0.2) is 0 Å². The van der Waals surface area contributed by atoms with Gasteiger partial charge in [0.05, 0.1) is 16.8 Å². The first kappa shape index (κ1) is 36.6. The van der Waals surface area contributed by atoms with Gasteiger partial charge >= 0.3 is 0 Å². The molecule has 0 fully saturated rings. The lowest BCUT2D eigenvalue weighted by molar-refractivity contribution is 0.660. The standard InChI is InChI=1S/C61H47N/c1-59(2)50-31-15-11-25-43(50)45-38-37-42(39-54(45)59)62(55-35-18-14-27-46(55)48-30-19-29-47-44-26-12-16-32-51(44)60(3,4)58(47)48)56-36-20-34-53-57(56)49-28-13-17-33-52(49)61(53,40-21-7-5-8-22-40)41-23-9-6-10-24-41/h5-39H,1-4H3. The van der Waals surface area contributed by atoms with Crippen LogP contribution >= 0.6 is 0 Å². The van der Waals surface area contributed by atoms with Crippen molar-refractivity contribution in [1.29, 1.82) is 0 Å². The molecule has 0 saturated carbocycles. The summed E-state index contributed by atoms with van der Waals surface area (Å²) in [4.78, 5) is 2.59. The van der Waals surface area contributed by atoms with E-state index in [4.69, 9.17) is 0 Å². The Hall–Kier alpha value is -7.22. The molecule has 3 aliphatic carbocycles. The fourth-order valence-corrected chi connectivity index (χ4v) is 11.9. The molecular weight excluding hydrogens is 747 g/mol. The highest BCUT2D eigenvalue weighted by atomic mass is 15.1. The van der Waals surface area contributed by atoms with Crippen LogP contribution in [0, 0.1) is 0 Å². The van der Waals surface area contributed by atoms with Crippen LogP contribution in [0.2, 0.25) is 0 Å². The van der Waals surface area contributed by atoms with Crippen molar-refractivity contribution in [3.8, 4) is 44.5 Å². The highest BCUT2D eigenvalue weighted by Gasteiger charge is 2.48. The van der Waals surface area contributed by atoms with E-state index in [1.165, 1.54) is 94.7 Å². The number of para-hydroxylation sites is 1. The fraction of sp³-hybridized carbons (Fsp3) is 0.115. The van der Waals surface area contributed by atoms with Crippen molar-refractivity contribution >= 4 is 17.1 Å². The van der Waals surface area contributed by atoms with Crippen LogP contribution in [-0.2, 0) is 16.2 Å². The highest BCUT2D eigenvalue weighted by molar-refractivity contribution is 6.01. The summed E-state index contributed by atoms with van der Waals surface area (Å²) in [7, 11) is 0. The van der Waals surface area contributed by atoms with Gasteiger partial charge in [-0.2, -0.15) is 0 Å². The predicted molar refractivity (Wildman–Crippen MR) is 259 cm³/mol. The smallest absolute Gasteiger partial charge is 0.0714 e. The average molecular weight is 794 g/mol. The molecule has 0 radical (unpaired) electrons. The van der Waals surface area contributed by atoms with Crippen molar-refractivity contribution in [2.45, 2.75) is 43.9 Å². The van der Waals surface area contributed by atoms with Gasteiger partial charge in [-0.05, 0) is 102 Å². The van der Waals surface area contributed by atoms with Gasteiger partial charge in [-0.3, -0.25) is 0 Å². The van der Waals surface area contributed by atoms with E-state index >= 15 is 0 Å². The molecule has 1 heteroatoms. The van der Waals surface area contributed by atoms with Crippen molar-refractivity contribution in [2.75, 3.05) is 4.90 Å². The molecule has 0 amide bonds. The molecule has 9 aromatic rings. The van der Waals surface area contributed by atoms with Crippen LogP contribution < -0.4 is 4.90 Å². The number of hydrogen-bond acceptors (Lipinski definition) is 1. The maximum atomic E-state index is 2.59. The molecule has 9 aromatic carbocycles. The molecule has 0 N–H and O–H groups in total. The molecular formula is C61H47N. The van der Waals surface area contributed by atoms with Crippen molar-refractivity contribution in [3.05, 3.63) is 257 Å². The predicted octanol–water partition coefficient (Wildman–Crippen LogP) is 15.8. The summed E-state index contributed by atoms with van der Waals surface area (Å²) in [5, 5.41) is 0. The molecule has 0 atom stereocenters. The van der Waals surface area contributed by atoms with Crippen molar-refractivity contribution in [3.63, 3.8) is 0 Å². The maximum absolute atomic E-state index is 2.59. The Bertz CT molecular complexity index is 3200. The Kier molecular flexibility index (Phi) is 7.91. The first-order chi connectivity index (χ1) is 30.3. The lowest BCUT2D eigenvalue weighted by Crippen LogP contribution is -2.28. The first-order valence-electron chi connectivity index (χ1n) is 22.0. The van der Waals surface area contributed by atoms with Crippen LogP contribution in [0.3, 0.4) is 0 Å². The van der Waals surface area contributed by atoms with Gasteiger partial charge in [0.2, 0.25) is 0 Å². The Morgan fingerprint density at radius 3 is 1.44 bits per heavy atom. The van der Waals surface area contributed by atoms with E-state index in [1.807, 2.05) is 0 Å². The normalized spacial score (nSPS) is 15.2. The molecule has 1 nitrogen and oxygen atoms in total. The van der Waals surface area contributed by atoms with Crippen LogP contribution in [0.1, 0.15) is 72.2 Å². The topological polar surface area (TPSA) is 3.24 Å². The van der Waals surface area contributed by atoms with E-state index < -0.39 is 5.41 Å². The van der Waals surface area contributed by atoms with Gasteiger partial charge < -0.3 is 4.90 Å². The van der Waals surface area contributed by atoms with E-state index in [-0.39, 0.29) is 10.8 Å². The lowest BCUT2D eigenvalue weighted by Gasteiger charge is -2.35. The molecule has 62 heavy (non-hydrogen) atoms. The minimum Gasteiger partial charge on any atom is -0.309 e. The molecule has 0 heterocycles. The fourth-order valence-electron chi connectivity index (χ4n) is 11.9. The second-order valence-electron chi connectivity index (χ2n) is 18.4. The van der Waals surface area contributed by atoms with E-state index in [2.05, 4.69) is 245 Å². The van der Waals surface area contributed by atoms with Gasteiger partial charge in [0.1, 0.15) is 0 Å². The minimum atomic E-state index is -0.521. The number of hydrogen-bond donors (Lipinski definition) is 0. The second kappa shape index (κ2) is 13.4. The number of anilines is 3. The monoisotopic (exact) mass is 793 g/mol. The summed E-state index contributed by atoms with van der Waals surface area (Å²) >= 11 is 0. The summed E-state index contributed by atoms with van der Waals surface area (Å²) in [6.45, 7) is 9.57. The Morgan fingerprint density at radius 1 is 0.306 bits per heavy atom. The minimum absolute atomic E-state index is 0.163. The van der Waals surface area contributed by atoms with Gasteiger partial charge in [0.15, 0.2) is 0 Å². The largest absolute Gasteiger partial charge is 0.309 e. The molecule has 296 valence electrons. The SMILES string of the molecule is CC1(C)c2ccccc2-c2ccc(N(c3ccccc3-c3cccc4c3C(C)(C)c3ccccc3-4)c3cccc4c3-c3ccccc3C4(c3ccccc3)c3ccccc3)cc21. The first-order valence-corrected chi connectivity index (χ1v) is 22.0. The molecule has 0 bridgehead atoms. The third kappa shape index (κ3) is 4.91. The van der Waals surface area contributed by atoms with Gasteiger partial charge in [-0.15, -0.1) is 0 Å². The van der Waals surface area contributed by atoms with Gasteiger partial charge in [-0.1, -0.05) is 216 Å². The zero-order valence-corrected chi connectivity index (χ0v) is 35.7. The third-order valence-electron chi connectivity index (χ3n) is 14.5. The molecule has 3 aliphatic rings. The number of fused-ring (bicyclic) bond motifs is 9. The summed E-state index contributed by atoms with van der Waals surface area (Å²) in [5.74, 6) is 0. The van der Waals surface area contributed by atoms with E-state index in [0.717, 1.165) is 11.4 Å². The highest BCUT2D eigenvalue weighted by Crippen LogP contribution is 2.61. The summed E-state index contributed by atoms with van der Waals surface area (Å²) < 4.78 is 0. The van der Waals surface area contributed by atoms with E-state index in [0.29, 0.717) is 0 Å². The maximum Gasteiger partial charge on any atom is 0.0714 e. The third-order valence-corrected chi connectivity index (χ3v) is 14.5. The molecule has 0 aromatic heterocycles. The Labute approximate surface area is 365 Å². The van der Waals surface area contributed by atoms with Crippen molar-refractivity contribution < 1.29 is 0 Å². The van der Waals surface area contributed by atoms with Gasteiger partial charge in [0.25, 0.3) is 0 Å². The lowest BCUT2D eigenvalue weighted by atomic mass is 9.68. The number of benzene rings is 9. The molecule has 12 rings (SSSR count). The van der Waals surface area contributed by atoms with Crippen LogP contribution in [0.15, 0.2) is 212 Å².